The van der Waals surface area contributed by atoms with Crippen LogP contribution in [0.4, 0.5) is 0 Å². The lowest BCUT2D eigenvalue weighted by Crippen LogP contribution is -2.26. The predicted molar refractivity (Wildman–Crippen MR) is 63.2 cm³/mol. The maximum Gasteiger partial charge on any atom is 0.0938 e. The van der Waals surface area contributed by atoms with Crippen molar-refractivity contribution in [3.8, 4) is 11.3 Å². The highest BCUT2D eigenvalue weighted by atomic mass is 15.1. The molecule has 2 aromatic heterocycles. The third-order valence-corrected chi connectivity index (χ3v) is 3.27. The second kappa shape index (κ2) is 4.14. The van der Waals surface area contributed by atoms with Crippen molar-refractivity contribution in [2.24, 2.45) is 0 Å². The van der Waals surface area contributed by atoms with Gasteiger partial charge < -0.3 is 10.3 Å². The van der Waals surface area contributed by atoms with Gasteiger partial charge in [0, 0.05) is 29.6 Å². The molecule has 0 amide bonds. The molecule has 1 aliphatic heterocycles. The standard InChI is InChI=1S/C12H16N4/c1-4-13-5-2-9(1)11-7-12(16-15-11)10-3-6-14-8-10/h3,6-9,13-14H,1-2,4-5H2,(H,15,16). The predicted octanol–water partition coefficient (Wildman–Crippen LogP) is 1.87. The summed E-state index contributed by atoms with van der Waals surface area (Å²) in [5, 5.41) is 10.9. The quantitative estimate of drug-likeness (QED) is 0.717. The van der Waals surface area contributed by atoms with E-state index in [1.807, 2.05) is 18.5 Å². The van der Waals surface area contributed by atoms with E-state index in [2.05, 4.69) is 26.6 Å². The van der Waals surface area contributed by atoms with Crippen LogP contribution in [0.1, 0.15) is 24.5 Å². The number of nitrogens with zero attached hydrogens (tertiary/aromatic N) is 1. The molecule has 1 saturated heterocycles. The first-order valence-electron chi connectivity index (χ1n) is 5.82. The Morgan fingerprint density at radius 2 is 2.12 bits per heavy atom. The smallest absolute Gasteiger partial charge is 0.0938 e. The molecular weight excluding hydrogens is 200 g/mol. The van der Waals surface area contributed by atoms with E-state index in [-0.39, 0.29) is 0 Å². The maximum atomic E-state index is 4.37. The fourth-order valence-electron chi connectivity index (χ4n) is 2.31. The van der Waals surface area contributed by atoms with Gasteiger partial charge in [-0.3, -0.25) is 5.10 Å². The van der Waals surface area contributed by atoms with Gasteiger partial charge >= 0.3 is 0 Å². The SMILES string of the molecule is c1cc(-c2cc(C3CCNCC3)[nH]n2)c[nH]1. The molecule has 0 bridgehead atoms. The van der Waals surface area contributed by atoms with E-state index < -0.39 is 0 Å². The van der Waals surface area contributed by atoms with Crippen LogP contribution < -0.4 is 5.32 Å². The number of aromatic amines is 2. The van der Waals surface area contributed by atoms with Crippen molar-refractivity contribution in [3.05, 3.63) is 30.2 Å². The van der Waals surface area contributed by atoms with E-state index in [4.69, 9.17) is 0 Å². The molecule has 0 aliphatic carbocycles. The number of aromatic nitrogens is 3. The van der Waals surface area contributed by atoms with Crippen LogP contribution in [0, 0.1) is 0 Å². The number of hydrogen-bond donors (Lipinski definition) is 3. The molecule has 3 rings (SSSR count). The molecular formula is C12H16N4. The molecule has 1 fully saturated rings. The largest absolute Gasteiger partial charge is 0.367 e. The molecule has 1 aliphatic rings. The first kappa shape index (κ1) is 9.66. The Morgan fingerprint density at radius 3 is 2.88 bits per heavy atom. The topological polar surface area (TPSA) is 56.5 Å². The summed E-state index contributed by atoms with van der Waals surface area (Å²) in [5.41, 5.74) is 3.46. The Morgan fingerprint density at radius 1 is 1.25 bits per heavy atom. The van der Waals surface area contributed by atoms with Gasteiger partial charge in [0.25, 0.3) is 0 Å². The second-order valence-electron chi connectivity index (χ2n) is 4.33. The van der Waals surface area contributed by atoms with Crippen molar-refractivity contribution in [3.63, 3.8) is 0 Å². The molecule has 0 unspecified atom stereocenters. The van der Waals surface area contributed by atoms with E-state index >= 15 is 0 Å². The first-order chi connectivity index (χ1) is 7.93. The molecule has 0 radical (unpaired) electrons. The zero-order chi connectivity index (χ0) is 10.8. The average molecular weight is 216 g/mol. The first-order valence-corrected chi connectivity index (χ1v) is 5.82. The summed E-state index contributed by atoms with van der Waals surface area (Å²) in [7, 11) is 0. The molecule has 0 saturated carbocycles. The van der Waals surface area contributed by atoms with Crippen LogP contribution in [0.15, 0.2) is 24.5 Å². The summed E-state index contributed by atoms with van der Waals surface area (Å²) in [6.07, 6.45) is 6.31. The van der Waals surface area contributed by atoms with E-state index in [0.717, 1.165) is 24.3 Å². The Hall–Kier alpha value is -1.55. The highest BCUT2D eigenvalue weighted by Crippen LogP contribution is 2.26. The normalized spacial score (nSPS) is 17.8. The number of nitrogens with one attached hydrogen (secondary N) is 3. The highest BCUT2D eigenvalue weighted by Gasteiger charge is 2.17. The minimum absolute atomic E-state index is 0.640. The van der Waals surface area contributed by atoms with Gasteiger partial charge in [-0.1, -0.05) is 0 Å². The summed E-state index contributed by atoms with van der Waals surface area (Å²) in [4.78, 5) is 3.05. The number of hydrogen-bond acceptors (Lipinski definition) is 2. The van der Waals surface area contributed by atoms with E-state index in [1.54, 1.807) is 0 Å². The van der Waals surface area contributed by atoms with Crippen molar-refractivity contribution in [1.29, 1.82) is 0 Å². The fourth-order valence-corrected chi connectivity index (χ4v) is 2.31. The van der Waals surface area contributed by atoms with Crippen molar-refractivity contribution in [2.75, 3.05) is 13.1 Å². The van der Waals surface area contributed by atoms with E-state index in [1.165, 1.54) is 18.5 Å². The monoisotopic (exact) mass is 216 g/mol. The zero-order valence-electron chi connectivity index (χ0n) is 9.16. The van der Waals surface area contributed by atoms with Gasteiger partial charge in [-0.05, 0) is 38.1 Å². The van der Waals surface area contributed by atoms with Gasteiger partial charge in [0.05, 0.1) is 5.69 Å². The Kier molecular flexibility index (Phi) is 2.50. The molecule has 0 aromatic carbocycles. The Labute approximate surface area is 94.5 Å². The average Bonchev–Trinajstić information content (AvgIpc) is 3.01. The lowest BCUT2D eigenvalue weighted by Gasteiger charge is -2.20. The van der Waals surface area contributed by atoms with E-state index in [9.17, 15) is 0 Å². The van der Waals surface area contributed by atoms with Crippen molar-refractivity contribution in [1.82, 2.24) is 20.5 Å². The van der Waals surface area contributed by atoms with E-state index in [0.29, 0.717) is 5.92 Å². The summed E-state index contributed by atoms with van der Waals surface area (Å²) in [6, 6.07) is 4.22. The zero-order valence-corrected chi connectivity index (χ0v) is 9.16. The summed E-state index contributed by atoms with van der Waals surface area (Å²) in [6.45, 7) is 2.23. The minimum Gasteiger partial charge on any atom is -0.367 e. The third-order valence-electron chi connectivity index (χ3n) is 3.27. The van der Waals surface area contributed by atoms with Gasteiger partial charge in [0.1, 0.15) is 0 Å². The van der Waals surface area contributed by atoms with Crippen LogP contribution in [0.5, 0.6) is 0 Å². The van der Waals surface area contributed by atoms with Gasteiger partial charge in [0.2, 0.25) is 0 Å². The number of piperidine rings is 1. The molecule has 3 heterocycles. The fraction of sp³-hybridized carbons (Fsp3) is 0.417. The van der Waals surface area contributed by atoms with Crippen LogP contribution in [0.2, 0.25) is 0 Å². The molecule has 16 heavy (non-hydrogen) atoms. The van der Waals surface area contributed by atoms with Crippen molar-refractivity contribution >= 4 is 0 Å². The van der Waals surface area contributed by atoms with Crippen LogP contribution >= 0.6 is 0 Å². The van der Waals surface area contributed by atoms with Crippen molar-refractivity contribution < 1.29 is 0 Å². The van der Waals surface area contributed by atoms with Crippen LogP contribution in [0.25, 0.3) is 11.3 Å². The lowest BCUT2D eigenvalue weighted by atomic mass is 9.94. The molecule has 0 atom stereocenters. The van der Waals surface area contributed by atoms with Gasteiger partial charge in [-0.15, -0.1) is 0 Å². The summed E-state index contributed by atoms with van der Waals surface area (Å²) in [5.74, 6) is 0.640. The maximum absolute atomic E-state index is 4.37. The van der Waals surface area contributed by atoms with Gasteiger partial charge in [0.15, 0.2) is 0 Å². The molecule has 4 nitrogen and oxygen atoms in total. The molecule has 0 spiro atoms. The third kappa shape index (κ3) is 1.76. The van der Waals surface area contributed by atoms with Crippen LogP contribution in [0.3, 0.4) is 0 Å². The summed E-state index contributed by atoms with van der Waals surface area (Å²) < 4.78 is 0. The molecule has 4 heteroatoms. The van der Waals surface area contributed by atoms with Crippen LogP contribution in [-0.4, -0.2) is 28.3 Å². The van der Waals surface area contributed by atoms with Gasteiger partial charge in [-0.25, -0.2) is 0 Å². The molecule has 84 valence electrons. The van der Waals surface area contributed by atoms with Crippen molar-refractivity contribution in [2.45, 2.75) is 18.8 Å². The minimum atomic E-state index is 0.640. The molecule has 3 N–H and O–H groups in total. The van der Waals surface area contributed by atoms with Gasteiger partial charge in [-0.2, -0.15) is 5.10 Å². The highest BCUT2D eigenvalue weighted by molar-refractivity contribution is 5.58. The second-order valence-corrected chi connectivity index (χ2v) is 4.33. The van der Waals surface area contributed by atoms with Crippen LogP contribution in [-0.2, 0) is 0 Å². The molecule has 2 aromatic rings. The Balaban J connectivity index is 1.82. The lowest BCUT2D eigenvalue weighted by molar-refractivity contribution is 0.453. The Bertz CT molecular complexity index is 437. The number of H-pyrrole nitrogens is 2. The summed E-state index contributed by atoms with van der Waals surface area (Å²) >= 11 is 0. The number of rotatable bonds is 2.